The summed E-state index contributed by atoms with van der Waals surface area (Å²) in [5.41, 5.74) is 1.57. The summed E-state index contributed by atoms with van der Waals surface area (Å²) in [4.78, 5) is 25.1. The van der Waals surface area contributed by atoms with Crippen molar-refractivity contribution in [1.82, 2.24) is 10.3 Å². The number of halogens is 1. The summed E-state index contributed by atoms with van der Waals surface area (Å²) in [7, 11) is 0. The summed E-state index contributed by atoms with van der Waals surface area (Å²) in [5, 5.41) is 13.0. The Bertz CT molecular complexity index is 636. The predicted molar refractivity (Wildman–Crippen MR) is 72.3 cm³/mol. The molecule has 2 aromatic rings. The number of nitrogens with one attached hydrogen (secondary N) is 2. The van der Waals surface area contributed by atoms with Crippen LogP contribution in [0.4, 0.5) is 0 Å². The Labute approximate surface area is 114 Å². The van der Waals surface area contributed by atoms with Crippen LogP contribution in [0.5, 0.6) is 0 Å². The molecule has 19 heavy (non-hydrogen) atoms. The first-order valence-electron chi connectivity index (χ1n) is 5.73. The topological polar surface area (TPSA) is 82.2 Å². The number of para-hydroxylation sites is 1. The number of rotatable bonds is 4. The highest BCUT2D eigenvalue weighted by molar-refractivity contribution is 6.35. The highest BCUT2D eigenvalue weighted by atomic mass is 35.5. The Morgan fingerprint density at radius 3 is 2.84 bits per heavy atom. The molecule has 0 saturated carbocycles. The van der Waals surface area contributed by atoms with Crippen molar-refractivity contribution in [2.75, 3.05) is 0 Å². The number of aromatic amines is 1. The lowest BCUT2D eigenvalue weighted by atomic mass is 10.1. The maximum Gasteiger partial charge on any atom is 0.326 e. The molecule has 0 spiro atoms. The third kappa shape index (κ3) is 2.88. The molecule has 1 aromatic carbocycles. The smallest absolute Gasteiger partial charge is 0.326 e. The first kappa shape index (κ1) is 13.4. The molecule has 6 heteroatoms. The summed E-state index contributed by atoms with van der Waals surface area (Å²) in [6.45, 7) is 1.29. The first-order valence-corrected chi connectivity index (χ1v) is 6.11. The Kier molecular flexibility index (Phi) is 3.76. The summed E-state index contributed by atoms with van der Waals surface area (Å²) < 4.78 is 0. The van der Waals surface area contributed by atoms with Crippen LogP contribution in [-0.4, -0.2) is 28.0 Å². The van der Waals surface area contributed by atoms with Gasteiger partial charge in [0.15, 0.2) is 0 Å². The van der Waals surface area contributed by atoms with E-state index < -0.39 is 12.0 Å². The van der Waals surface area contributed by atoms with Gasteiger partial charge in [-0.15, -0.1) is 0 Å². The van der Waals surface area contributed by atoms with Crippen LogP contribution in [0.25, 0.3) is 10.9 Å². The van der Waals surface area contributed by atoms with Gasteiger partial charge in [-0.1, -0.05) is 23.7 Å². The molecule has 0 fully saturated rings. The standard InChI is InChI=1S/C13H13ClN2O3/c1-7(17)16-11(13(18)19)5-8-6-15-12-9(8)3-2-4-10(12)14/h2-4,6,11,15H,5H2,1H3,(H,16,17)(H,18,19). The van der Waals surface area contributed by atoms with E-state index in [1.807, 2.05) is 6.07 Å². The van der Waals surface area contributed by atoms with Gasteiger partial charge in [-0.05, 0) is 11.6 Å². The van der Waals surface area contributed by atoms with Gasteiger partial charge in [-0.2, -0.15) is 0 Å². The Balaban J connectivity index is 2.31. The number of fused-ring (bicyclic) bond motifs is 1. The van der Waals surface area contributed by atoms with Crippen LogP contribution in [-0.2, 0) is 16.0 Å². The number of carboxylic acids is 1. The van der Waals surface area contributed by atoms with Crippen molar-refractivity contribution < 1.29 is 14.7 Å². The van der Waals surface area contributed by atoms with Gasteiger partial charge < -0.3 is 15.4 Å². The van der Waals surface area contributed by atoms with Gasteiger partial charge in [0.25, 0.3) is 0 Å². The zero-order chi connectivity index (χ0) is 14.0. The minimum atomic E-state index is -1.06. The minimum Gasteiger partial charge on any atom is -0.480 e. The van der Waals surface area contributed by atoms with Gasteiger partial charge in [0.2, 0.25) is 5.91 Å². The highest BCUT2D eigenvalue weighted by Gasteiger charge is 2.20. The summed E-state index contributed by atoms with van der Waals surface area (Å²) in [5.74, 6) is -1.43. The number of hydrogen-bond acceptors (Lipinski definition) is 2. The molecular weight excluding hydrogens is 268 g/mol. The van der Waals surface area contributed by atoms with E-state index in [0.717, 1.165) is 16.5 Å². The third-order valence-electron chi connectivity index (χ3n) is 2.85. The fraction of sp³-hybridized carbons (Fsp3) is 0.231. The fourth-order valence-electron chi connectivity index (χ4n) is 2.01. The second kappa shape index (κ2) is 5.32. The summed E-state index contributed by atoms with van der Waals surface area (Å²) in [6.07, 6.45) is 1.92. The predicted octanol–water partition coefficient (Wildman–Crippen LogP) is 1.95. The van der Waals surface area contributed by atoms with Crippen LogP contribution >= 0.6 is 11.6 Å². The number of carboxylic acid groups (broad SMARTS) is 1. The van der Waals surface area contributed by atoms with Crippen LogP contribution in [0, 0.1) is 0 Å². The summed E-state index contributed by atoms with van der Waals surface area (Å²) in [6, 6.07) is 4.47. The van der Waals surface area contributed by atoms with Crippen LogP contribution in [0.1, 0.15) is 12.5 Å². The molecule has 0 aliphatic rings. The van der Waals surface area contributed by atoms with Crippen molar-refractivity contribution in [2.24, 2.45) is 0 Å². The lowest BCUT2D eigenvalue weighted by Gasteiger charge is -2.12. The van der Waals surface area contributed by atoms with Crippen molar-refractivity contribution in [3.8, 4) is 0 Å². The lowest BCUT2D eigenvalue weighted by Crippen LogP contribution is -2.41. The molecule has 2 rings (SSSR count). The van der Waals surface area contributed by atoms with Crippen molar-refractivity contribution in [1.29, 1.82) is 0 Å². The van der Waals surface area contributed by atoms with E-state index in [1.54, 1.807) is 18.3 Å². The minimum absolute atomic E-state index is 0.204. The number of carbonyl (C=O) groups is 2. The summed E-state index contributed by atoms with van der Waals surface area (Å²) >= 11 is 6.04. The second-order valence-corrected chi connectivity index (χ2v) is 4.68. The SMILES string of the molecule is CC(=O)NC(Cc1c[nH]c2c(Cl)cccc12)C(=O)O. The fourth-order valence-corrected chi connectivity index (χ4v) is 2.24. The molecule has 1 atom stereocenters. The zero-order valence-electron chi connectivity index (χ0n) is 10.2. The number of hydrogen-bond donors (Lipinski definition) is 3. The molecule has 5 nitrogen and oxygen atoms in total. The van der Waals surface area contributed by atoms with Crippen molar-refractivity contribution >= 4 is 34.4 Å². The quantitative estimate of drug-likeness (QED) is 0.800. The van der Waals surface area contributed by atoms with Crippen LogP contribution in [0.2, 0.25) is 5.02 Å². The van der Waals surface area contributed by atoms with Gasteiger partial charge in [-0.3, -0.25) is 4.79 Å². The molecule has 1 aromatic heterocycles. The van der Waals surface area contributed by atoms with Crippen LogP contribution < -0.4 is 5.32 Å². The molecule has 100 valence electrons. The molecule has 0 radical (unpaired) electrons. The zero-order valence-corrected chi connectivity index (χ0v) is 11.0. The molecule has 0 aliphatic heterocycles. The van der Waals surface area contributed by atoms with E-state index in [1.165, 1.54) is 6.92 Å². The van der Waals surface area contributed by atoms with Gasteiger partial charge in [0, 0.05) is 24.9 Å². The molecule has 0 bridgehead atoms. The van der Waals surface area contributed by atoms with Gasteiger partial charge in [0.05, 0.1) is 10.5 Å². The van der Waals surface area contributed by atoms with E-state index in [-0.39, 0.29) is 12.3 Å². The molecule has 0 saturated heterocycles. The van der Waals surface area contributed by atoms with Crippen LogP contribution in [0.15, 0.2) is 24.4 Å². The average Bonchev–Trinajstić information content (AvgIpc) is 2.72. The molecule has 0 aliphatic carbocycles. The number of benzene rings is 1. The number of aromatic nitrogens is 1. The normalized spacial score (nSPS) is 12.3. The Morgan fingerprint density at radius 1 is 1.47 bits per heavy atom. The van der Waals surface area contributed by atoms with E-state index in [9.17, 15) is 9.59 Å². The van der Waals surface area contributed by atoms with E-state index in [0.29, 0.717) is 5.02 Å². The first-order chi connectivity index (χ1) is 8.99. The maximum atomic E-state index is 11.1. The van der Waals surface area contributed by atoms with E-state index in [2.05, 4.69) is 10.3 Å². The largest absolute Gasteiger partial charge is 0.480 e. The third-order valence-corrected chi connectivity index (χ3v) is 3.16. The maximum absolute atomic E-state index is 11.1. The van der Waals surface area contributed by atoms with Crippen LogP contribution in [0.3, 0.4) is 0 Å². The van der Waals surface area contributed by atoms with Gasteiger partial charge >= 0.3 is 5.97 Å². The van der Waals surface area contributed by atoms with Gasteiger partial charge in [-0.25, -0.2) is 4.79 Å². The van der Waals surface area contributed by atoms with Crippen molar-refractivity contribution in [2.45, 2.75) is 19.4 Å². The average molecular weight is 281 g/mol. The van der Waals surface area contributed by atoms with E-state index >= 15 is 0 Å². The molecule has 3 N–H and O–H groups in total. The molecule has 1 amide bonds. The lowest BCUT2D eigenvalue weighted by molar-refractivity contribution is -0.141. The van der Waals surface area contributed by atoms with Gasteiger partial charge in [0.1, 0.15) is 6.04 Å². The van der Waals surface area contributed by atoms with Crippen molar-refractivity contribution in [3.63, 3.8) is 0 Å². The molecule has 1 unspecified atom stereocenters. The number of amides is 1. The molecule has 1 heterocycles. The number of H-pyrrole nitrogens is 1. The Hall–Kier alpha value is -2.01. The van der Waals surface area contributed by atoms with Crippen molar-refractivity contribution in [3.05, 3.63) is 35.0 Å². The Morgan fingerprint density at radius 2 is 2.21 bits per heavy atom. The molecular formula is C13H13ClN2O3. The highest BCUT2D eigenvalue weighted by Crippen LogP contribution is 2.25. The number of aliphatic carboxylic acids is 1. The number of carbonyl (C=O) groups excluding carboxylic acids is 1. The monoisotopic (exact) mass is 280 g/mol. The second-order valence-electron chi connectivity index (χ2n) is 4.27. The van der Waals surface area contributed by atoms with E-state index in [4.69, 9.17) is 16.7 Å².